The van der Waals surface area contributed by atoms with Gasteiger partial charge in [0, 0.05) is 59.1 Å². The van der Waals surface area contributed by atoms with Crippen molar-refractivity contribution in [1.29, 1.82) is 0 Å². The first-order valence-electron chi connectivity index (χ1n) is 21.0. The Bertz CT molecular complexity index is 2170. The van der Waals surface area contributed by atoms with E-state index in [1.54, 1.807) is 0 Å². The molecule has 4 heterocycles. The van der Waals surface area contributed by atoms with E-state index < -0.39 is 0 Å². The number of hydrogen-bond donors (Lipinski definition) is 0. The number of fused-ring (bicyclic) bond motifs is 7. The van der Waals surface area contributed by atoms with Gasteiger partial charge in [-0.25, -0.2) is 0 Å². The predicted molar refractivity (Wildman–Crippen MR) is 224 cm³/mol. The molecule has 0 atom stereocenters. The molecule has 0 bridgehead atoms. The Hall–Kier alpha value is -3.76. The first-order chi connectivity index (χ1) is 27.6. The summed E-state index contributed by atoms with van der Waals surface area (Å²) in [4.78, 5) is 0. The van der Waals surface area contributed by atoms with Crippen molar-refractivity contribution in [3.63, 3.8) is 0 Å². The van der Waals surface area contributed by atoms with E-state index in [1.807, 2.05) is 0 Å². The highest BCUT2D eigenvalue weighted by Gasteiger charge is 2.37. The second kappa shape index (κ2) is 18.2. The van der Waals surface area contributed by atoms with Crippen LogP contribution in [0.4, 0.5) is 0 Å². The summed E-state index contributed by atoms with van der Waals surface area (Å²) in [5, 5.41) is 4.54. The summed E-state index contributed by atoms with van der Waals surface area (Å²) in [6.07, 6.45) is 8.63. The van der Waals surface area contributed by atoms with E-state index in [-0.39, 0.29) is 10.8 Å². The SMILES string of the molecule is CCC1(COCCCCCOCc2ccc3oc4c(ccc5c4c4cc(COCCCCCOCC6(CC)COC6)ccc4n5-c4ccccc4)c3c2)COC1. The maximum Gasteiger partial charge on any atom is 0.145 e. The molecule has 2 saturated heterocycles. The molecule has 2 aromatic heterocycles. The lowest BCUT2D eigenvalue weighted by molar-refractivity contribution is -0.150. The van der Waals surface area contributed by atoms with Gasteiger partial charge in [-0.1, -0.05) is 44.2 Å². The van der Waals surface area contributed by atoms with Crippen molar-refractivity contribution in [2.45, 2.75) is 78.4 Å². The normalized spacial score (nSPS) is 16.2. The van der Waals surface area contributed by atoms with Gasteiger partial charge in [-0.05, 0) is 111 Å². The minimum Gasteiger partial charge on any atom is -0.455 e. The summed E-state index contributed by atoms with van der Waals surface area (Å²) >= 11 is 0. The van der Waals surface area contributed by atoms with E-state index in [0.717, 1.165) is 173 Å². The molecule has 6 aromatic rings. The maximum absolute atomic E-state index is 6.71. The number of nitrogens with zero attached hydrogens (tertiary/aromatic N) is 1. The van der Waals surface area contributed by atoms with Crippen molar-refractivity contribution in [2.24, 2.45) is 10.8 Å². The summed E-state index contributed by atoms with van der Waals surface area (Å²) in [6.45, 7) is 13.7. The molecule has 8 rings (SSSR count). The minimum atomic E-state index is 0.257. The molecule has 4 aromatic carbocycles. The van der Waals surface area contributed by atoms with Crippen LogP contribution in [-0.4, -0.2) is 70.6 Å². The summed E-state index contributed by atoms with van der Waals surface area (Å²) in [6, 6.07) is 28.2. The van der Waals surface area contributed by atoms with E-state index in [0.29, 0.717) is 13.2 Å². The van der Waals surface area contributed by atoms with Crippen LogP contribution in [0, 0.1) is 10.8 Å². The second-order valence-corrected chi connectivity index (χ2v) is 16.3. The number of unbranched alkanes of at least 4 members (excludes halogenated alkanes) is 4. The van der Waals surface area contributed by atoms with Crippen LogP contribution in [-0.2, 0) is 41.6 Å². The average Bonchev–Trinajstić information content (AvgIpc) is 3.73. The monoisotopic (exact) mass is 761 g/mol. The molecular formula is C48H59NO7. The van der Waals surface area contributed by atoms with Gasteiger partial charge in [-0.15, -0.1) is 0 Å². The number of aromatic nitrogens is 1. The van der Waals surface area contributed by atoms with Gasteiger partial charge in [0.25, 0.3) is 0 Å². The Morgan fingerprint density at radius 3 is 1.68 bits per heavy atom. The van der Waals surface area contributed by atoms with Gasteiger partial charge in [0.1, 0.15) is 11.2 Å². The molecule has 2 aliphatic heterocycles. The van der Waals surface area contributed by atoms with Crippen molar-refractivity contribution in [2.75, 3.05) is 66.1 Å². The Kier molecular flexibility index (Phi) is 12.7. The summed E-state index contributed by atoms with van der Waals surface area (Å²) in [7, 11) is 0. The number of furan rings is 1. The molecule has 8 heteroatoms. The molecular weight excluding hydrogens is 703 g/mol. The van der Waals surface area contributed by atoms with Gasteiger partial charge in [0.2, 0.25) is 0 Å². The van der Waals surface area contributed by atoms with Crippen molar-refractivity contribution >= 4 is 43.7 Å². The number of para-hydroxylation sites is 1. The molecule has 0 aliphatic carbocycles. The molecule has 2 fully saturated rings. The molecule has 0 radical (unpaired) electrons. The van der Waals surface area contributed by atoms with Crippen LogP contribution in [0.2, 0.25) is 0 Å². The molecule has 0 unspecified atom stereocenters. The van der Waals surface area contributed by atoms with Gasteiger partial charge in [-0.3, -0.25) is 0 Å². The van der Waals surface area contributed by atoms with E-state index in [9.17, 15) is 0 Å². The van der Waals surface area contributed by atoms with E-state index in [1.165, 1.54) is 5.39 Å². The van der Waals surface area contributed by atoms with Crippen LogP contribution in [0.3, 0.4) is 0 Å². The zero-order valence-corrected chi connectivity index (χ0v) is 33.5. The Morgan fingerprint density at radius 1 is 0.554 bits per heavy atom. The van der Waals surface area contributed by atoms with Crippen LogP contribution in [0.15, 0.2) is 83.3 Å². The van der Waals surface area contributed by atoms with Gasteiger partial charge in [-0.2, -0.15) is 0 Å². The average molecular weight is 762 g/mol. The third-order valence-corrected chi connectivity index (χ3v) is 12.2. The Balaban J connectivity index is 0.906. The zero-order valence-electron chi connectivity index (χ0n) is 33.5. The van der Waals surface area contributed by atoms with Crippen molar-refractivity contribution < 1.29 is 32.8 Å². The fourth-order valence-corrected chi connectivity index (χ4v) is 8.15. The summed E-state index contributed by atoms with van der Waals surface area (Å²) in [5.41, 5.74) is 8.05. The fraction of sp³-hybridized carbons (Fsp3) is 0.500. The van der Waals surface area contributed by atoms with Crippen molar-refractivity contribution in [1.82, 2.24) is 4.57 Å². The van der Waals surface area contributed by atoms with Crippen LogP contribution in [0.5, 0.6) is 0 Å². The summed E-state index contributed by atoms with van der Waals surface area (Å²) in [5.74, 6) is 0. The Morgan fingerprint density at radius 2 is 1.11 bits per heavy atom. The number of benzene rings is 4. The van der Waals surface area contributed by atoms with Crippen LogP contribution in [0.1, 0.15) is 76.3 Å². The smallest absolute Gasteiger partial charge is 0.145 e. The van der Waals surface area contributed by atoms with Gasteiger partial charge >= 0.3 is 0 Å². The third-order valence-electron chi connectivity index (χ3n) is 12.2. The first-order valence-corrected chi connectivity index (χ1v) is 21.0. The van der Waals surface area contributed by atoms with E-state index >= 15 is 0 Å². The highest BCUT2D eigenvalue weighted by atomic mass is 16.5. The highest BCUT2D eigenvalue weighted by molar-refractivity contribution is 6.24. The zero-order chi connectivity index (χ0) is 38.2. The van der Waals surface area contributed by atoms with Crippen molar-refractivity contribution in [3.8, 4) is 5.69 Å². The van der Waals surface area contributed by atoms with Gasteiger partial charge in [0.05, 0.1) is 69.3 Å². The Labute approximate surface area is 331 Å². The van der Waals surface area contributed by atoms with Crippen LogP contribution < -0.4 is 0 Å². The minimum absolute atomic E-state index is 0.257. The molecule has 0 spiro atoms. The molecule has 2 aliphatic rings. The molecule has 56 heavy (non-hydrogen) atoms. The molecule has 298 valence electrons. The van der Waals surface area contributed by atoms with Crippen LogP contribution in [0.25, 0.3) is 49.4 Å². The highest BCUT2D eigenvalue weighted by Crippen LogP contribution is 2.41. The number of hydrogen-bond acceptors (Lipinski definition) is 7. The number of ether oxygens (including phenoxy) is 6. The number of rotatable bonds is 23. The van der Waals surface area contributed by atoms with Crippen molar-refractivity contribution in [3.05, 3.63) is 90.0 Å². The van der Waals surface area contributed by atoms with Crippen LogP contribution >= 0.6 is 0 Å². The summed E-state index contributed by atoms with van der Waals surface area (Å²) < 4.78 is 44.2. The van der Waals surface area contributed by atoms with E-state index in [4.69, 9.17) is 32.8 Å². The van der Waals surface area contributed by atoms with Gasteiger partial charge in [0.15, 0.2) is 0 Å². The largest absolute Gasteiger partial charge is 0.455 e. The molecule has 8 nitrogen and oxygen atoms in total. The first kappa shape index (κ1) is 39.1. The third kappa shape index (κ3) is 8.57. The maximum atomic E-state index is 6.71. The fourth-order valence-electron chi connectivity index (χ4n) is 8.15. The lowest BCUT2D eigenvalue weighted by Crippen LogP contribution is -2.45. The van der Waals surface area contributed by atoms with Gasteiger partial charge < -0.3 is 37.4 Å². The molecule has 0 saturated carbocycles. The standard InChI is InChI=1S/C48H59NO7/c1-3-47(32-54-33-47)30-52-24-12-6-10-22-50-28-36-16-19-42-41(27-36)45-43(49(42)38-14-8-5-9-15-38)20-18-39-40-26-37(17-21-44(40)56-46(39)45)29-51-23-11-7-13-25-53-31-48(4-2)34-55-35-48/h5,8-9,14-21,26-27H,3-4,6-7,10-13,22-25,28-35H2,1-2H3. The quantitative estimate of drug-likeness (QED) is 0.0602. The lowest BCUT2D eigenvalue weighted by Gasteiger charge is -2.40. The second-order valence-electron chi connectivity index (χ2n) is 16.3. The lowest BCUT2D eigenvalue weighted by atomic mass is 9.84. The topological polar surface area (TPSA) is 73.5 Å². The molecule has 0 N–H and O–H groups in total. The van der Waals surface area contributed by atoms with E-state index in [2.05, 4.69) is 97.3 Å². The predicted octanol–water partition coefficient (Wildman–Crippen LogP) is 10.9. The molecule has 0 amide bonds.